The van der Waals surface area contributed by atoms with Gasteiger partial charge in [-0.1, -0.05) is 6.07 Å². The molecular formula is C28H36FN5O4S. The second-order valence-corrected chi connectivity index (χ2v) is 14.8. The third kappa shape index (κ3) is 5.16. The Morgan fingerprint density at radius 1 is 1.13 bits per heavy atom. The highest BCUT2D eigenvalue weighted by atomic mass is 32.2. The molecule has 210 valence electrons. The molecule has 0 fully saturated rings. The van der Waals surface area contributed by atoms with Gasteiger partial charge in [0.15, 0.2) is 0 Å². The number of carbonyl (C=O) groups excluding carboxylic acids is 2. The molecule has 0 radical (unpaired) electrons. The van der Waals surface area contributed by atoms with Crippen LogP contribution in [0.25, 0.3) is 0 Å². The first-order valence-corrected chi connectivity index (χ1v) is 14.4. The normalized spacial score (nSPS) is 25.7. The van der Waals surface area contributed by atoms with Gasteiger partial charge in [0, 0.05) is 24.0 Å². The lowest BCUT2D eigenvalue weighted by Crippen LogP contribution is -2.60. The number of nitrogens with zero attached hydrogens (tertiary/aromatic N) is 3. The highest BCUT2D eigenvalue weighted by Crippen LogP contribution is 2.48. The van der Waals surface area contributed by atoms with E-state index in [1.165, 1.54) is 18.2 Å². The third-order valence-corrected chi connectivity index (χ3v) is 10.8. The van der Waals surface area contributed by atoms with Gasteiger partial charge in [-0.3, -0.25) is 20.1 Å². The number of aliphatic imine (C=N–C) groups is 1. The van der Waals surface area contributed by atoms with E-state index in [4.69, 9.17) is 9.73 Å². The number of benzene rings is 1. The minimum absolute atomic E-state index is 0.111. The zero-order valence-corrected chi connectivity index (χ0v) is 24.5. The van der Waals surface area contributed by atoms with E-state index in [2.05, 4.69) is 20.0 Å². The quantitative estimate of drug-likeness (QED) is 0.533. The topological polar surface area (TPSA) is 122 Å². The molecule has 1 aromatic carbocycles. The summed E-state index contributed by atoms with van der Waals surface area (Å²) in [5.74, 6) is -0.899. The molecule has 0 saturated carbocycles. The molecule has 2 aliphatic rings. The molecule has 0 saturated heterocycles. The Labute approximate surface area is 229 Å². The number of fused-ring (bicyclic) bond motifs is 1. The molecule has 0 bridgehead atoms. The van der Waals surface area contributed by atoms with Gasteiger partial charge in [0.2, 0.25) is 0 Å². The Kier molecular flexibility index (Phi) is 7.12. The summed E-state index contributed by atoms with van der Waals surface area (Å²) in [5, 5.41) is 4.85. The summed E-state index contributed by atoms with van der Waals surface area (Å²) >= 11 is 0. The number of hydrogen-bond acceptors (Lipinski definition) is 7. The maximum absolute atomic E-state index is 15.5. The molecule has 2 aromatic rings. The van der Waals surface area contributed by atoms with Crippen molar-refractivity contribution < 1.29 is 22.9 Å². The van der Waals surface area contributed by atoms with Crippen molar-refractivity contribution in [3.05, 3.63) is 58.7 Å². The van der Waals surface area contributed by atoms with Gasteiger partial charge < -0.3 is 10.1 Å². The summed E-state index contributed by atoms with van der Waals surface area (Å²) in [5.41, 5.74) is 0.270. The maximum atomic E-state index is 15.5. The Hall–Kier alpha value is -3.34. The first-order chi connectivity index (χ1) is 18.0. The van der Waals surface area contributed by atoms with Gasteiger partial charge in [0.1, 0.15) is 33.2 Å². The van der Waals surface area contributed by atoms with Crippen LogP contribution in [-0.4, -0.2) is 49.2 Å². The van der Waals surface area contributed by atoms with Crippen molar-refractivity contribution in [3.63, 3.8) is 0 Å². The van der Waals surface area contributed by atoms with Crippen molar-refractivity contribution in [1.82, 2.24) is 10.3 Å². The summed E-state index contributed by atoms with van der Waals surface area (Å²) in [6.07, 6.45) is 1.29. The van der Waals surface area contributed by atoms with Crippen molar-refractivity contribution in [1.29, 1.82) is 0 Å². The van der Waals surface area contributed by atoms with Crippen molar-refractivity contribution in [3.8, 4) is 0 Å². The number of aromatic nitrogens is 1. The Bertz CT molecular complexity index is 1500. The highest BCUT2D eigenvalue weighted by Gasteiger charge is 2.57. The molecule has 1 unspecified atom stereocenters. The number of nitrogens with one attached hydrogen (secondary N) is 2. The Morgan fingerprint density at radius 2 is 1.82 bits per heavy atom. The van der Waals surface area contributed by atoms with E-state index >= 15 is 4.39 Å². The first-order valence-electron chi connectivity index (χ1n) is 12.8. The predicted octanol–water partition coefficient (Wildman–Crippen LogP) is 5.26. The summed E-state index contributed by atoms with van der Waals surface area (Å²) in [6.45, 7) is 14.3. The van der Waals surface area contributed by atoms with Gasteiger partial charge in [0.05, 0.1) is 15.0 Å². The number of carbonyl (C=O) groups is 2. The molecule has 4 rings (SSSR count). The fourth-order valence-corrected chi connectivity index (χ4v) is 8.38. The molecule has 3 heterocycles. The van der Waals surface area contributed by atoms with E-state index in [9.17, 15) is 13.8 Å². The average Bonchev–Trinajstić information content (AvgIpc) is 3.22. The molecule has 2 amide bonds. The third-order valence-electron chi connectivity index (χ3n) is 7.15. The molecule has 3 atom stereocenters. The molecule has 2 aliphatic heterocycles. The average molecular weight is 558 g/mol. The number of amidine groups is 1. The van der Waals surface area contributed by atoms with E-state index in [1.807, 2.05) is 13.0 Å². The van der Waals surface area contributed by atoms with E-state index in [0.717, 1.165) is 5.56 Å². The van der Waals surface area contributed by atoms with Crippen LogP contribution in [0.5, 0.6) is 0 Å². The highest BCUT2D eigenvalue weighted by molar-refractivity contribution is 7.96. The van der Waals surface area contributed by atoms with Crippen molar-refractivity contribution in [2.24, 2.45) is 9.36 Å². The van der Waals surface area contributed by atoms with E-state index in [-0.39, 0.29) is 17.1 Å². The standard InChI is InChI=1S/C28H36FN5O4S/c1-16-13-17(2)22(30-15-16)23(35)32-18-9-10-20(29)19(14-18)28(8)21-11-12-31-39(21,37)27(6,7)24(34-28)33-25(36)38-26(3,4)5/h9-10,13-15,21H,11-12H2,1-8H3,(H,32,35)(H,33,34,36)/t21-,28+,39?/m0/s1. The number of aryl methyl sites for hydroxylation is 2. The predicted molar refractivity (Wildman–Crippen MR) is 150 cm³/mol. The molecule has 0 spiro atoms. The van der Waals surface area contributed by atoms with Gasteiger partial charge in [-0.05, 0) is 91.1 Å². The van der Waals surface area contributed by atoms with Crippen molar-refractivity contribution >= 4 is 33.3 Å². The molecule has 39 heavy (non-hydrogen) atoms. The number of amides is 2. The SMILES string of the molecule is Cc1cnc(C(=O)Nc2ccc(F)c([C@@]3(C)N=C(NC(=O)OC(C)(C)C)C(C)(C)S4(=O)=NCC[C@@H]34)c2)c(C)c1. The molecule has 9 nitrogen and oxygen atoms in total. The van der Waals surface area contributed by atoms with E-state index < -0.39 is 48.7 Å². The lowest BCUT2D eigenvalue weighted by atomic mass is 9.85. The number of pyridine rings is 1. The van der Waals surface area contributed by atoms with Crippen LogP contribution in [0.15, 0.2) is 39.8 Å². The van der Waals surface area contributed by atoms with Crippen molar-refractivity contribution in [2.45, 2.75) is 82.9 Å². The molecule has 0 aliphatic carbocycles. The zero-order valence-electron chi connectivity index (χ0n) is 23.6. The largest absolute Gasteiger partial charge is 0.444 e. The minimum atomic E-state index is -3.01. The molecule has 1 aromatic heterocycles. The van der Waals surface area contributed by atoms with Gasteiger partial charge in [-0.25, -0.2) is 17.8 Å². The lowest BCUT2D eigenvalue weighted by molar-refractivity contribution is 0.0560. The maximum Gasteiger partial charge on any atom is 0.413 e. The molecular weight excluding hydrogens is 521 g/mol. The monoisotopic (exact) mass is 557 g/mol. The van der Waals surface area contributed by atoms with E-state index in [1.54, 1.807) is 54.7 Å². The fraction of sp³-hybridized carbons (Fsp3) is 0.500. The number of alkyl carbamates (subject to hydrolysis) is 1. The smallest absolute Gasteiger partial charge is 0.413 e. The number of rotatable bonds is 3. The molecule has 2 N–H and O–H groups in total. The van der Waals surface area contributed by atoms with Crippen LogP contribution >= 0.6 is 0 Å². The van der Waals surface area contributed by atoms with Crippen LogP contribution in [0.2, 0.25) is 0 Å². The van der Waals surface area contributed by atoms with Crippen molar-refractivity contribution in [2.75, 3.05) is 11.9 Å². The summed E-state index contributed by atoms with van der Waals surface area (Å²) in [7, 11) is -3.01. The van der Waals surface area contributed by atoms with Gasteiger partial charge in [0.25, 0.3) is 5.91 Å². The minimum Gasteiger partial charge on any atom is -0.444 e. The van der Waals surface area contributed by atoms with Gasteiger partial charge in [-0.15, -0.1) is 0 Å². The first kappa shape index (κ1) is 28.7. The number of hydrogen-bond donors (Lipinski definition) is 2. The number of ether oxygens (including phenoxy) is 1. The van der Waals surface area contributed by atoms with Crippen LogP contribution < -0.4 is 10.6 Å². The Balaban J connectivity index is 1.78. The second-order valence-electron chi connectivity index (χ2n) is 11.8. The lowest BCUT2D eigenvalue weighted by Gasteiger charge is -2.45. The number of anilines is 1. The zero-order chi connectivity index (χ0) is 29.0. The van der Waals surface area contributed by atoms with Crippen LogP contribution in [0.1, 0.15) is 75.1 Å². The van der Waals surface area contributed by atoms with Crippen LogP contribution in [0, 0.1) is 19.7 Å². The van der Waals surface area contributed by atoms with Gasteiger partial charge >= 0.3 is 6.09 Å². The summed E-state index contributed by atoms with van der Waals surface area (Å²) in [6, 6.07) is 6.06. The molecule has 11 heteroatoms. The van der Waals surface area contributed by atoms with Gasteiger partial charge in [-0.2, -0.15) is 0 Å². The van der Waals surface area contributed by atoms with Crippen LogP contribution in [0.3, 0.4) is 0 Å². The number of halogens is 1. The fourth-order valence-electron chi connectivity index (χ4n) is 5.19. The van der Waals surface area contributed by atoms with Crippen LogP contribution in [0.4, 0.5) is 14.9 Å². The Morgan fingerprint density at radius 3 is 2.46 bits per heavy atom. The summed E-state index contributed by atoms with van der Waals surface area (Å²) in [4.78, 5) is 34.8. The summed E-state index contributed by atoms with van der Waals surface area (Å²) < 4.78 is 38.8. The second kappa shape index (κ2) is 9.69. The van der Waals surface area contributed by atoms with E-state index in [0.29, 0.717) is 24.2 Å². The van der Waals surface area contributed by atoms with Crippen LogP contribution in [-0.2, 0) is 20.0 Å².